The molecule has 1 saturated heterocycles. The van der Waals surface area contributed by atoms with E-state index in [0.717, 1.165) is 5.56 Å². The Kier molecular flexibility index (Phi) is 2.79. The van der Waals surface area contributed by atoms with Gasteiger partial charge in [0.15, 0.2) is 9.84 Å². The minimum absolute atomic E-state index is 0.211. The molecule has 0 saturated carbocycles. The Hall–Kier alpha value is -1.86. The highest BCUT2D eigenvalue weighted by atomic mass is 32.2. The summed E-state index contributed by atoms with van der Waals surface area (Å²) in [6, 6.07) is 6.51. The zero-order valence-corrected chi connectivity index (χ0v) is 10.8. The van der Waals surface area contributed by atoms with Crippen LogP contribution in [0.4, 0.5) is 5.88 Å². The van der Waals surface area contributed by atoms with Crippen LogP contribution in [0.25, 0.3) is 11.1 Å². The van der Waals surface area contributed by atoms with E-state index < -0.39 is 15.1 Å². The zero-order valence-electron chi connectivity index (χ0n) is 9.94. The monoisotopic (exact) mass is 280 g/mol. The Morgan fingerprint density at radius 3 is 2.37 bits per heavy atom. The lowest BCUT2D eigenvalue weighted by atomic mass is 10.1. The number of aromatic nitrogens is 1. The molecule has 1 aromatic heterocycles. The Balaban J connectivity index is 1.93. The summed E-state index contributed by atoms with van der Waals surface area (Å²) >= 11 is 0. The summed E-state index contributed by atoms with van der Waals surface area (Å²) in [7, 11) is -3.29. The van der Waals surface area contributed by atoms with Gasteiger partial charge in [0, 0.05) is 0 Å². The number of nitrogens with zero attached hydrogens (tertiary/aromatic N) is 1. The number of benzene rings is 1. The number of sulfone groups is 1. The number of rotatable bonds is 3. The highest BCUT2D eigenvalue weighted by Crippen LogP contribution is 2.28. The van der Waals surface area contributed by atoms with Gasteiger partial charge in [-0.05, 0) is 17.7 Å². The quantitative estimate of drug-likeness (QED) is 0.904. The number of ether oxygens (including phenoxy) is 1. The maximum atomic E-state index is 12.1. The number of nitrogen functional groups attached to an aromatic ring is 1. The predicted octanol–water partition coefficient (Wildman–Crippen LogP) is 1.10. The fraction of sp³-hybridized carbons (Fsp3) is 0.250. The van der Waals surface area contributed by atoms with Crippen molar-refractivity contribution in [3.8, 4) is 11.1 Å². The molecular weight excluding hydrogens is 268 g/mol. The van der Waals surface area contributed by atoms with Gasteiger partial charge in [-0.25, -0.2) is 8.42 Å². The second kappa shape index (κ2) is 4.36. The van der Waals surface area contributed by atoms with Gasteiger partial charge in [-0.15, -0.1) is 0 Å². The van der Waals surface area contributed by atoms with Crippen molar-refractivity contribution < 1.29 is 17.7 Å². The summed E-state index contributed by atoms with van der Waals surface area (Å²) in [5.74, 6) is 0.211. The summed E-state index contributed by atoms with van der Waals surface area (Å²) in [6.07, 6.45) is 1.50. The molecule has 3 rings (SSSR count). The van der Waals surface area contributed by atoms with Crippen LogP contribution in [0.5, 0.6) is 0 Å². The summed E-state index contributed by atoms with van der Waals surface area (Å²) in [4.78, 5) is 0.291. The van der Waals surface area contributed by atoms with Crippen LogP contribution in [0.1, 0.15) is 0 Å². The normalized spacial score (nSPS) is 16.2. The summed E-state index contributed by atoms with van der Waals surface area (Å²) < 4.78 is 34.0. The topological polar surface area (TPSA) is 95.4 Å². The van der Waals surface area contributed by atoms with Crippen LogP contribution in [-0.4, -0.2) is 32.0 Å². The van der Waals surface area contributed by atoms with Crippen molar-refractivity contribution in [2.75, 3.05) is 18.9 Å². The van der Waals surface area contributed by atoms with E-state index in [1.807, 2.05) is 0 Å². The molecule has 0 spiro atoms. The molecule has 1 fully saturated rings. The van der Waals surface area contributed by atoms with Gasteiger partial charge in [0.05, 0.1) is 29.9 Å². The van der Waals surface area contributed by atoms with Gasteiger partial charge >= 0.3 is 0 Å². The van der Waals surface area contributed by atoms with Gasteiger partial charge in [0.2, 0.25) is 5.88 Å². The summed E-state index contributed by atoms with van der Waals surface area (Å²) in [6.45, 7) is 0.533. The van der Waals surface area contributed by atoms with Crippen LogP contribution >= 0.6 is 0 Å². The fourth-order valence-electron chi connectivity index (χ4n) is 1.88. The summed E-state index contributed by atoms with van der Waals surface area (Å²) in [5.41, 5.74) is 7.03. The number of anilines is 1. The van der Waals surface area contributed by atoms with E-state index in [1.54, 1.807) is 24.3 Å². The Labute approximate surface area is 110 Å². The minimum atomic E-state index is -3.29. The molecule has 0 bridgehead atoms. The molecule has 1 aromatic carbocycles. The lowest BCUT2D eigenvalue weighted by molar-refractivity contribution is 0.0416. The maximum absolute atomic E-state index is 12.1. The van der Waals surface area contributed by atoms with Crippen molar-refractivity contribution >= 4 is 15.7 Å². The van der Waals surface area contributed by atoms with Gasteiger partial charge in [0.1, 0.15) is 5.25 Å². The molecule has 6 nitrogen and oxygen atoms in total. The Bertz CT molecular complexity index is 687. The zero-order chi connectivity index (χ0) is 13.5. The fourth-order valence-corrected chi connectivity index (χ4v) is 3.33. The first-order chi connectivity index (χ1) is 9.09. The Morgan fingerprint density at radius 2 is 1.89 bits per heavy atom. The lowest BCUT2D eigenvalue weighted by Gasteiger charge is -2.25. The van der Waals surface area contributed by atoms with Crippen LogP contribution < -0.4 is 5.73 Å². The van der Waals surface area contributed by atoms with E-state index in [4.69, 9.17) is 15.0 Å². The van der Waals surface area contributed by atoms with Crippen LogP contribution in [0.15, 0.2) is 39.9 Å². The maximum Gasteiger partial charge on any atom is 0.229 e. The molecule has 2 aromatic rings. The average molecular weight is 280 g/mol. The molecule has 0 radical (unpaired) electrons. The smallest absolute Gasteiger partial charge is 0.229 e. The van der Waals surface area contributed by atoms with Gasteiger partial charge in [-0.1, -0.05) is 17.3 Å². The molecule has 100 valence electrons. The standard InChI is InChI=1S/C12H12N2O4S/c13-12-11(5-14-18-12)8-1-3-9(4-2-8)19(15,16)10-6-17-7-10/h1-5,10H,6-7,13H2. The molecule has 7 heteroatoms. The number of hydrogen-bond acceptors (Lipinski definition) is 6. The van der Waals surface area contributed by atoms with Gasteiger partial charge in [-0.2, -0.15) is 0 Å². The van der Waals surface area contributed by atoms with Gasteiger partial charge in [-0.3, -0.25) is 0 Å². The van der Waals surface area contributed by atoms with E-state index in [-0.39, 0.29) is 19.1 Å². The molecule has 2 heterocycles. The highest BCUT2D eigenvalue weighted by Gasteiger charge is 2.33. The molecule has 0 amide bonds. The van der Waals surface area contributed by atoms with Crippen molar-refractivity contribution in [1.29, 1.82) is 0 Å². The van der Waals surface area contributed by atoms with Crippen LogP contribution in [-0.2, 0) is 14.6 Å². The molecule has 0 unspecified atom stereocenters. The van der Waals surface area contributed by atoms with E-state index >= 15 is 0 Å². The summed E-state index contributed by atoms with van der Waals surface area (Å²) in [5, 5.41) is 3.15. The van der Waals surface area contributed by atoms with Crippen LogP contribution in [0.2, 0.25) is 0 Å². The third kappa shape index (κ3) is 2.00. The molecule has 0 aliphatic carbocycles. The largest absolute Gasteiger partial charge is 0.379 e. The highest BCUT2D eigenvalue weighted by molar-refractivity contribution is 7.92. The third-order valence-electron chi connectivity index (χ3n) is 3.14. The SMILES string of the molecule is Nc1oncc1-c1ccc(S(=O)(=O)C2COC2)cc1. The Morgan fingerprint density at radius 1 is 1.21 bits per heavy atom. The van der Waals surface area contributed by atoms with Crippen molar-refractivity contribution in [2.45, 2.75) is 10.1 Å². The molecule has 1 aliphatic rings. The van der Waals surface area contributed by atoms with Crippen molar-refractivity contribution in [3.63, 3.8) is 0 Å². The molecule has 1 aliphatic heterocycles. The second-order valence-electron chi connectivity index (χ2n) is 4.33. The van der Waals surface area contributed by atoms with E-state index in [9.17, 15) is 8.42 Å². The lowest BCUT2D eigenvalue weighted by Crippen LogP contribution is -2.40. The molecule has 0 atom stereocenters. The number of nitrogens with two attached hydrogens (primary N) is 1. The van der Waals surface area contributed by atoms with E-state index in [1.165, 1.54) is 6.20 Å². The van der Waals surface area contributed by atoms with E-state index in [0.29, 0.717) is 10.5 Å². The average Bonchev–Trinajstić information content (AvgIpc) is 2.73. The number of hydrogen-bond donors (Lipinski definition) is 1. The van der Waals surface area contributed by atoms with Crippen molar-refractivity contribution in [1.82, 2.24) is 5.16 Å². The minimum Gasteiger partial charge on any atom is -0.379 e. The molecular formula is C12H12N2O4S. The second-order valence-corrected chi connectivity index (χ2v) is 6.56. The first-order valence-electron chi connectivity index (χ1n) is 5.71. The van der Waals surface area contributed by atoms with Gasteiger partial charge in [0.25, 0.3) is 0 Å². The van der Waals surface area contributed by atoms with Crippen molar-refractivity contribution in [2.24, 2.45) is 0 Å². The third-order valence-corrected chi connectivity index (χ3v) is 5.22. The van der Waals surface area contributed by atoms with Crippen molar-refractivity contribution in [3.05, 3.63) is 30.5 Å². The predicted molar refractivity (Wildman–Crippen MR) is 68.1 cm³/mol. The molecule has 19 heavy (non-hydrogen) atoms. The van der Waals surface area contributed by atoms with E-state index in [2.05, 4.69) is 5.16 Å². The first-order valence-corrected chi connectivity index (χ1v) is 7.26. The van der Waals surface area contributed by atoms with Gasteiger partial charge < -0.3 is 15.0 Å². The van der Waals surface area contributed by atoms with Crippen LogP contribution in [0.3, 0.4) is 0 Å². The first kappa shape index (κ1) is 12.2. The van der Waals surface area contributed by atoms with Crippen LogP contribution in [0, 0.1) is 0 Å². The molecule has 2 N–H and O–H groups in total.